The lowest BCUT2D eigenvalue weighted by Gasteiger charge is -2.53. The second-order valence-corrected chi connectivity index (χ2v) is 29.9. The maximum Gasteiger partial charge on any atom is 0.252 e. The fraction of sp³-hybridized carbons (Fsp3) is 0.277. The Kier molecular flexibility index (Phi) is 13.2. The maximum absolute atomic E-state index is 2.86. The van der Waals surface area contributed by atoms with Gasteiger partial charge in [-0.15, -0.1) is 0 Å². The first-order chi connectivity index (χ1) is 41.5. The Morgan fingerprint density at radius 2 is 0.782 bits per heavy atom. The van der Waals surface area contributed by atoms with Crippen LogP contribution in [0.5, 0.6) is 0 Å². The number of nitrogens with zero attached hydrogens (tertiary/aromatic N) is 3. The monoisotopic (exact) mass is 1130 g/mol. The van der Waals surface area contributed by atoms with Crippen molar-refractivity contribution >= 4 is 68.6 Å². The molecule has 4 heteroatoms. The summed E-state index contributed by atoms with van der Waals surface area (Å²) in [6, 6.07) is 87.5. The highest BCUT2D eigenvalue weighted by molar-refractivity contribution is 7.00. The summed E-state index contributed by atoms with van der Waals surface area (Å²) >= 11 is 0. The summed E-state index contributed by atoms with van der Waals surface area (Å²) in [4.78, 5) is 8.27. The third-order valence-corrected chi connectivity index (χ3v) is 20.4. The van der Waals surface area contributed by atoms with E-state index in [0.29, 0.717) is 0 Å². The molecule has 0 radical (unpaired) electrons. The van der Waals surface area contributed by atoms with Gasteiger partial charge in [0.15, 0.2) is 0 Å². The molecule has 10 aromatic carbocycles. The van der Waals surface area contributed by atoms with Crippen molar-refractivity contribution in [2.45, 2.75) is 148 Å². The van der Waals surface area contributed by atoms with Crippen LogP contribution >= 0.6 is 0 Å². The largest absolute Gasteiger partial charge is 0.334 e. The van der Waals surface area contributed by atoms with Gasteiger partial charge < -0.3 is 14.7 Å². The summed E-state index contributed by atoms with van der Waals surface area (Å²) in [7, 11) is 0. The second-order valence-electron chi connectivity index (χ2n) is 29.9. The molecule has 0 spiro atoms. The van der Waals surface area contributed by atoms with E-state index in [-0.39, 0.29) is 39.3 Å². The molecular weight excluding hydrogens is 1050 g/mol. The van der Waals surface area contributed by atoms with E-state index >= 15 is 0 Å². The molecule has 1 saturated carbocycles. The highest BCUT2D eigenvalue weighted by Gasteiger charge is 2.62. The van der Waals surface area contributed by atoms with Crippen LogP contribution in [0.15, 0.2) is 224 Å². The Morgan fingerprint density at radius 1 is 0.345 bits per heavy atom. The van der Waals surface area contributed by atoms with Crippen molar-refractivity contribution in [3.8, 4) is 33.4 Å². The van der Waals surface area contributed by atoms with Crippen LogP contribution in [0.1, 0.15) is 149 Å². The standard InChI is InChI=1S/C83H84BN3/c1-78(2,3)60-37-42-70(65(49-60)56-30-20-15-21-31-56)85-73-45-40-63(81(10,11)12)52-69(73)84-68-41-36-58(55-28-18-14-19-29-55)48-74(68)86(71-43-38-61(79(4,5)6)50-66(71)57-32-22-16-23-33-57)76-54-64(53-75(85)77(76)84)87-72-44-39-62(80(7,8)9)51-67(72)83(59-34-24-17-25-35-59)47-27-26-46-82(83,87)13/h14-25,28-45,48-54H,26-27,46-47H2,1-13H3. The zero-order chi connectivity index (χ0) is 60.6. The molecule has 3 aliphatic heterocycles. The molecule has 3 heterocycles. The molecule has 2 atom stereocenters. The molecule has 87 heavy (non-hydrogen) atoms. The van der Waals surface area contributed by atoms with Gasteiger partial charge in [0.25, 0.3) is 6.71 Å². The molecular formula is C83H84BN3. The predicted octanol–water partition coefficient (Wildman–Crippen LogP) is 20.7. The Morgan fingerprint density at radius 3 is 1.30 bits per heavy atom. The van der Waals surface area contributed by atoms with E-state index < -0.39 is 0 Å². The minimum Gasteiger partial charge on any atom is -0.334 e. The van der Waals surface area contributed by atoms with Gasteiger partial charge in [-0.05, 0) is 168 Å². The van der Waals surface area contributed by atoms with E-state index in [0.717, 1.165) is 24.9 Å². The summed E-state index contributed by atoms with van der Waals surface area (Å²) in [5.74, 6) is 0. The summed E-state index contributed by atoms with van der Waals surface area (Å²) < 4.78 is 0. The lowest BCUT2D eigenvalue weighted by molar-refractivity contribution is 0.215. The Bertz CT molecular complexity index is 4290. The SMILES string of the molecule is CC(C)(C)c1ccc2c(c1)B1c3ccc(-c4ccccc4)cc3N(c3ccc(C(C)(C)C)cc3-c3ccccc3)c3cc(N4c5ccc(C(C)(C)C)cc5C5(c6ccccc6)CCCCC45C)cc(c31)N2c1ccc(C(C)(C)C)cc1-c1ccccc1. The van der Waals surface area contributed by atoms with Crippen LogP contribution in [-0.2, 0) is 27.1 Å². The summed E-state index contributed by atoms with van der Waals surface area (Å²) in [5.41, 5.74) is 28.2. The van der Waals surface area contributed by atoms with Crippen molar-refractivity contribution in [3.05, 3.63) is 258 Å². The quantitative estimate of drug-likeness (QED) is 0.147. The van der Waals surface area contributed by atoms with Gasteiger partial charge in [0.05, 0.1) is 16.9 Å². The molecule has 10 aromatic rings. The minimum absolute atomic E-state index is 0.0400. The van der Waals surface area contributed by atoms with Crippen LogP contribution in [0, 0.1) is 0 Å². The topological polar surface area (TPSA) is 9.72 Å². The van der Waals surface area contributed by atoms with E-state index in [1.165, 1.54) is 129 Å². The molecule has 0 N–H and O–H groups in total. The third-order valence-electron chi connectivity index (χ3n) is 20.4. The van der Waals surface area contributed by atoms with E-state index in [1.807, 2.05) is 0 Å². The molecule has 4 aliphatic rings. The molecule has 0 aromatic heterocycles. The smallest absolute Gasteiger partial charge is 0.252 e. The van der Waals surface area contributed by atoms with Gasteiger partial charge in [-0.2, -0.15) is 0 Å². The maximum atomic E-state index is 2.86. The number of fused-ring (bicyclic) bond motifs is 7. The van der Waals surface area contributed by atoms with E-state index in [1.54, 1.807) is 0 Å². The molecule has 2 unspecified atom stereocenters. The number of hydrogen-bond acceptors (Lipinski definition) is 3. The molecule has 14 rings (SSSR count). The van der Waals surface area contributed by atoms with Crippen LogP contribution in [0.4, 0.5) is 45.5 Å². The van der Waals surface area contributed by atoms with E-state index in [4.69, 9.17) is 0 Å². The van der Waals surface area contributed by atoms with Gasteiger partial charge in [0, 0.05) is 50.7 Å². The van der Waals surface area contributed by atoms with Gasteiger partial charge in [0.1, 0.15) is 0 Å². The zero-order valence-corrected chi connectivity index (χ0v) is 53.6. The van der Waals surface area contributed by atoms with Gasteiger partial charge in [0.2, 0.25) is 0 Å². The number of rotatable bonds is 7. The number of anilines is 8. The van der Waals surface area contributed by atoms with Crippen LogP contribution in [0.25, 0.3) is 33.4 Å². The first-order valence-corrected chi connectivity index (χ1v) is 32.1. The second kappa shape index (κ2) is 20.4. The molecule has 0 bridgehead atoms. The lowest BCUT2D eigenvalue weighted by Crippen LogP contribution is -2.62. The fourth-order valence-corrected chi connectivity index (χ4v) is 15.6. The highest BCUT2D eigenvalue weighted by Crippen LogP contribution is 2.65. The normalized spacial score (nSPS) is 18.0. The average Bonchev–Trinajstić information content (AvgIpc) is 1.64. The Balaban J connectivity index is 1.17. The van der Waals surface area contributed by atoms with Crippen molar-refractivity contribution < 1.29 is 0 Å². The first kappa shape index (κ1) is 56.5. The van der Waals surface area contributed by atoms with Crippen molar-refractivity contribution in [2.24, 2.45) is 0 Å². The summed E-state index contributed by atoms with van der Waals surface area (Å²) in [6.45, 7) is 30.8. The zero-order valence-electron chi connectivity index (χ0n) is 53.6. The molecule has 0 saturated heterocycles. The van der Waals surface area contributed by atoms with Crippen molar-refractivity contribution in [2.75, 3.05) is 14.7 Å². The highest BCUT2D eigenvalue weighted by atomic mass is 15.3. The van der Waals surface area contributed by atoms with Crippen LogP contribution in [0.3, 0.4) is 0 Å². The fourth-order valence-electron chi connectivity index (χ4n) is 15.6. The molecule has 1 fully saturated rings. The molecule has 3 nitrogen and oxygen atoms in total. The van der Waals surface area contributed by atoms with Crippen molar-refractivity contribution in [1.29, 1.82) is 0 Å². The van der Waals surface area contributed by atoms with Crippen LogP contribution in [0.2, 0.25) is 0 Å². The van der Waals surface area contributed by atoms with Crippen molar-refractivity contribution in [1.82, 2.24) is 0 Å². The molecule has 0 amide bonds. The van der Waals surface area contributed by atoms with Gasteiger partial charge >= 0.3 is 0 Å². The summed E-state index contributed by atoms with van der Waals surface area (Å²) in [6.07, 6.45) is 4.44. The van der Waals surface area contributed by atoms with Gasteiger partial charge in [-0.1, -0.05) is 266 Å². The van der Waals surface area contributed by atoms with E-state index in [9.17, 15) is 0 Å². The predicted molar refractivity (Wildman–Crippen MR) is 374 cm³/mol. The van der Waals surface area contributed by atoms with Crippen molar-refractivity contribution in [3.63, 3.8) is 0 Å². The van der Waals surface area contributed by atoms with Gasteiger partial charge in [-0.3, -0.25) is 0 Å². The minimum atomic E-state index is -0.337. The van der Waals surface area contributed by atoms with Gasteiger partial charge in [-0.25, -0.2) is 0 Å². The number of benzene rings is 10. The molecule has 434 valence electrons. The molecule has 1 aliphatic carbocycles. The van der Waals surface area contributed by atoms with Crippen LogP contribution < -0.4 is 31.1 Å². The third kappa shape index (κ3) is 9.13. The lowest BCUT2D eigenvalue weighted by atomic mass is 9.33. The first-order valence-electron chi connectivity index (χ1n) is 32.1. The Hall–Kier alpha value is -8.34. The van der Waals surface area contributed by atoms with Crippen LogP contribution in [-0.4, -0.2) is 12.3 Å². The van der Waals surface area contributed by atoms with E-state index in [2.05, 4.69) is 329 Å². The number of hydrogen-bond donors (Lipinski definition) is 0. The average molecular weight is 1130 g/mol. The summed E-state index contributed by atoms with van der Waals surface area (Å²) in [5, 5.41) is 0. The Labute approximate surface area is 519 Å².